The van der Waals surface area contributed by atoms with Crippen molar-refractivity contribution in [3.63, 3.8) is 0 Å². The van der Waals surface area contributed by atoms with Crippen molar-refractivity contribution in [2.75, 3.05) is 40.3 Å². The van der Waals surface area contributed by atoms with E-state index in [9.17, 15) is 0 Å². The largest absolute Gasteiger partial charge is 0.322 e. The number of piperidine rings is 2. The normalized spacial score (nSPS) is 30.9. The summed E-state index contributed by atoms with van der Waals surface area (Å²) < 4.78 is 2.47. The van der Waals surface area contributed by atoms with E-state index in [1.165, 1.54) is 109 Å². The van der Waals surface area contributed by atoms with Crippen molar-refractivity contribution in [1.82, 2.24) is 0 Å². The molecule has 2 nitrogen and oxygen atoms in total. The molecule has 174 valence electrons. The molecule has 0 atom stereocenters. The number of aryl methyl sites for hydroxylation is 2. The molecule has 2 aromatic rings. The maximum Gasteiger partial charge on any atom is 0.104 e. The van der Waals surface area contributed by atoms with Crippen molar-refractivity contribution in [3.05, 3.63) is 70.8 Å². The lowest BCUT2D eigenvalue weighted by molar-refractivity contribution is -0.928. The van der Waals surface area contributed by atoms with Crippen LogP contribution in [-0.2, 0) is 13.1 Å². The van der Waals surface area contributed by atoms with E-state index < -0.39 is 0 Å². The van der Waals surface area contributed by atoms with Crippen LogP contribution >= 0.6 is 0 Å². The van der Waals surface area contributed by atoms with Crippen LogP contribution < -0.4 is 0 Å². The lowest BCUT2D eigenvalue weighted by Crippen LogP contribution is -2.49. The van der Waals surface area contributed by atoms with E-state index in [2.05, 4.69) is 76.5 Å². The molecule has 2 heterocycles. The second kappa shape index (κ2) is 10.1. The summed E-state index contributed by atoms with van der Waals surface area (Å²) in [5, 5.41) is 0. The van der Waals surface area contributed by atoms with E-state index >= 15 is 0 Å². The van der Waals surface area contributed by atoms with Gasteiger partial charge in [-0.3, -0.25) is 0 Å². The highest BCUT2D eigenvalue weighted by molar-refractivity contribution is 5.21. The number of nitrogens with zero attached hydrogens (tertiary/aromatic N) is 2. The standard InChI is InChI=1S/C30H46N2/c1-25-5-9-29(10-6-25)23-31(3)19-15-27(16-20-31)13-14-28-17-21-32(4,22-18-28)24-30-11-7-26(2)8-12-30/h5-12,27-28H,13-24H2,1-4H3/q+2. The summed E-state index contributed by atoms with van der Waals surface area (Å²) in [5.41, 5.74) is 5.75. The molecule has 0 N–H and O–H groups in total. The first kappa shape index (κ1) is 23.5. The summed E-state index contributed by atoms with van der Waals surface area (Å²) in [6, 6.07) is 18.4. The Labute approximate surface area is 197 Å². The predicted octanol–water partition coefficient (Wildman–Crippen LogP) is 6.50. The van der Waals surface area contributed by atoms with Gasteiger partial charge in [0.2, 0.25) is 0 Å². The summed E-state index contributed by atoms with van der Waals surface area (Å²) >= 11 is 0. The Morgan fingerprint density at radius 3 is 1.19 bits per heavy atom. The second-order valence-corrected chi connectivity index (χ2v) is 11.9. The Balaban J connectivity index is 1.17. The average molecular weight is 435 g/mol. The molecule has 2 heteroatoms. The molecule has 0 saturated carbocycles. The first-order chi connectivity index (χ1) is 15.3. The van der Waals surface area contributed by atoms with Gasteiger partial charge >= 0.3 is 0 Å². The Morgan fingerprint density at radius 2 is 0.875 bits per heavy atom. The van der Waals surface area contributed by atoms with Gasteiger partial charge in [0, 0.05) is 11.1 Å². The summed E-state index contributed by atoms with van der Waals surface area (Å²) in [5.74, 6) is 1.93. The predicted molar refractivity (Wildman–Crippen MR) is 136 cm³/mol. The zero-order chi connectivity index (χ0) is 22.6. The summed E-state index contributed by atoms with van der Waals surface area (Å²) in [7, 11) is 4.95. The SMILES string of the molecule is Cc1ccc(C[N+]2(C)CCC(CCC3CC[N+](C)(Cc4ccc(C)cc4)CC3)CC2)cc1. The van der Waals surface area contributed by atoms with Gasteiger partial charge in [-0.15, -0.1) is 0 Å². The molecule has 0 amide bonds. The number of hydrogen-bond acceptors (Lipinski definition) is 0. The van der Waals surface area contributed by atoms with Crippen molar-refractivity contribution in [2.45, 2.75) is 65.5 Å². The van der Waals surface area contributed by atoms with Crippen LogP contribution in [0.2, 0.25) is 0 Å². The molecule has 0 radical (unpaired) electrons. The molecule has 2 fully saturated rings. The lowest BCUT2D eigenvalue weighted by atomic mass is 9.84. The highest BCUT2D eigenvalue weighted by atomic mass is 15.3. The van der Waals surface area contributed by atoms with E-state index in [0.717, 1.165) is 11.8 Å². The molecule has 0 unspecified atom stereocenters. The molecular formula is C30H46N2+2. The van der Waals surface area contributed by atoms with Crippen LogP contribution in [0.5, 0.6) is 0 Å². The van der Waals surface area contributed by atoms with Gasteiger partial charge in [-0.05, 0) is 64.2 Å². The Kier molecular flexibility index (Phi) is 7.42. The van der Waals surface area contributed by atoms with Gasteiger partial charge in [0.15, 0.2) is 0 Å². The molecule has 2 saturated heterocycles. The summed E-state index contributed by atoms with van der Waals surface area (Å²) in [6.07, 6.45) is 8.65. The van der Waals surface area contributed by atoms with Crippen LogP contribution in [0.25, 0.3) is 0 Å². The third kappa shape index (κ3) is 6.45. The van der Waals surface area contributed by atoms with Gasteiger partial charge < -0.3 is 8.97 Å². The number of benzene rings is 2. The maximum atomic E-state index is 2.48. The van der Waals surface area contributed by atoms with Crippen molar-refractivity contribution in [2.24, 2.45) is 11.8 Å². The summed E-state index contributed by atoms with van der Waals surface area (Å²) in [4.78, 5) is 0. The highest BCUT2D eigenvalue weighted by Crippen LogP contribution is 2.32. The zero-order valence-corrected chi connectivity index (χ0v) is 21.2. The fourth-order valence-electron chi connectivity index (χ4n) is 6.12. The van der Waals surface area contributed by atoms with E-state index in [1.54, 1.807) is 0 Å². The Morgan fingerprint density at radius 1 is 0.562 bits per heavy atom. The zero-order valence-electron chi connectivity index (χ0n) is 21.2. The van der Waals surface area contributed by atoms with Gasteiger partial charge in [0.25, 0.3) is 0 Å². The molecule has 2 aliphatic rings. The van der Waals surface area contributed by atoms with Gasteiger partial charge in [-0.25, -0.2) is 0 Å². The first-order valence-corrected chi connectivity index (χ1v) is 13.1. The van der Waals surface area contributed by atoms with E-state index in [0.29, 0.717) is 0 Å². The van der Waals surface area contributed by atoms with Gasteiger partial charge in [0.1, 0.15) is 13.1 Å². The fourth-order valence-corrected chi connectivity index (χ4v) is 6.12. The molecule has 0 aromatic heterocycles. The molecule has 0 bridgehead atoms. The van der Waals surface area contributed by atoms with Crippen molar-refractivity contribution < 1.29 is 8.97 Å². The second-order valence-electron chi connectivity index (χ2n) is 11.9. The Bertz CT molecular complexity index is 762. The highest BCUT2D eigenvalue weighted by Gasteiger charge is 2.33. The smallest absolute Gasteiger partial charge is 0.104 e. The van der Waals surface area contributed by atoms with Crippen LogP contribution in [0.1, 0.15) is 60.8 Å². The molecule has 4 rings (SSSR count). The van der Waals surface area contributed by atoms with E-state index in [4.69, 9.17) is 0 Å². The number of hydrogen-bond donors (Lipinski definition) is 0. The van der Waals surface area contributed by atoms with Crippen LogP contribution in [0, 0.1) is 25.7 Å². The molecular weight excluding hydrogens is 388 g/mol. The molecule has 32 heavy (non-hydrogen) atoms. The monoisotopic (exact) mass is 434 g/mol. The quantitative estimate of drug-likeness (QED) is 0.437. The van der Waals surface area contributed by atoms with Gasteiger partial charge in [0.05, 0.1) is 40.3 Å². The minimum Gasteiger partial charge on any atom is -0.322 e. The maximum absolute atomic E-state index is 2.48. The van der Waals surface area contributed by atoms with Crippen molar-refractivity contribution >= 4 is 0 Å². The van der Waals surface area contributed by atoms with Crippen LogP contribution in [-0.4, -0.2) is 49.2 Å². The molecule has 0 aliphatic carbocycles. The van der Waals surface area contributed by atoms with Crippen molar-refractivity contribution in [3.8, 4) is 0 Å². The third-order valence-electron chi connectivity index (χ3n) is 8.66. The molecule has 0 spiro atoms. The van der Waals surface area contributed by atoms with Crippen LogP contribution in [0.15, 0.2) is 48.5 Å². The Hall–Kier alpha value is -1.64. The van der Waals surface area contributed by atoms with E-state index in [-0.39, 0.29) is 0 Å². The van der Waals surface area contributed by atoms with E-state index in [1.807, 2.05) is 0 Å². The number of quaternary nitrogens is 2. The topological polar surface area (TPSA) is 0 Å². The number of rotatable bonds is 7. The minimum absolute atomic E-state index is 0.967. The average Bonchev–Trinajstić information content (AvgIpc) is 2.78. The third-order valence-corrected chi connectivity index (χ3v) is 8.66. The van der Waals surface area contributed by atoms with Gasteiger partial charge in [-0.1, -0.05) is 59.7 Å². The summed E-state index contributed by atoms with van der Waals surface area (Å²) in [6.45, 7) is 12.2. The van der Waals surface area contributed by atoms with Crippen molar-refractivity contribution in [1.29, 1.82) is 0 Å². The van der Waals surface area contributed by atoms with Crippen LogP contribution in [0.4, 0.5) is 0 Å². The van der Waals surface area contributed by atoms with Crippen LogP contribution in [0.3, 0.4) is 0 Å². The lowest BCUT2D eigenvalue weighted by Gasteiger charge is -2.42. The fraction of sp³-hybridized carbons (Fsp3) is 0.600. The number of likely N-dealkylation sites (tertiary alicyclic amines) is 2. The first-order valence-electron chi connectivity index (χ1n) is 13.1. The molecule has 2 aromatic carbocycles. The van der Waals surface area contributed by atoms with Gasteiger partial charge in [-0.2, -0.15) is 0 Å². The minimum atomic E-state index is 0.967. The molecule has 2 aliphatic heterocycles.